The van der Waals surface area contributed by atoms with Gasteiger partial charge in [0, 0.05) is 5.69 Å². The lowest BCUT2D eigenvalue weighted by Gasteiger charge is -2.12. The van der Waals surface area contributed by atoms with Crippen LogP contribution < -0.4 is 5.32 Å². The van der Waals surface area contributed by atoms with Crippen LogP contribution in [0.1, 0.15) is 93.4 Å². The molecule has 0 radical (unpaired) electrons. The second-order valence-electron chi connectivity index (χ2n) is 5.60. The van der Waals surface area contributed by atoms with Crippen LogP contribution in [0.4, 0.5) is 10.5 Å². The summed E-state index contributed by atoms with van der Waals surface area (Å²) in [5, 5.41) is 10.7. The summed E-state index contributed by atoms with van der Waals surface area (Å²) in [5.74, 6) is -2.21. The van der Waals surface area contributed by atoms with E-state index in [1.165, 1.54) is 24.3 Å². The van der Waals surface area contributed by atoms with Crippen LogP contribution in [0.15, 0.2) is 73.2 Å². The molecule has 224 valence electrons. The van der Waals surface area contributed by atoms with Gasteiger partial charge >= 0.3 is 5.97 Å². The van der Waals surface area contributed by atoms with Crippen LogP contribution in [0.3, 0.4) is 0 Å². The Morgan fingerprint density at radius 2 is 1.21 bits per heavy atom. The van der Waals surface area contributed by atoms with Crippen molar-refractivity contribution >= 4 is 40.5 Å². The summed E-state index contributed by atoms with van der Waals surface area (Å²) in [6, 6.07) is 5.51. The molecule has 1 aliphatic heterocycles. The Bertz CT molecular complexity index is 807. The molecule has 8 heteroatoms. The zero-order valence-electron chi connectivity index (χ0n) is 26.4. The summed E-state index contributed by atoms with van der Waals surface area (Å²) < 4.78 is 0. The van der Waals surface area contributed by atoms with Gasteiger partial charge in [0.2, 0.25) is 5.91 Å². The van der Waals surface area contributed by atoms with E-state index in [4.69, 9.17) is 5.11 Å². The number of rotatable bonds is 4. The third-order valence-corrected chi connectivity index (χ3v) is 3.78. The SMILES string of the molecule is C/C=C\C.C=C1SC(=O)N(CC(=O)Nc2ccc(C(=O)O)cc2)C1=O.C=CC.C=CC.CC.CC.CC.CC. The van der Waals surface area contributed by atoms with Crippen molar-refractivity contribution in [2.45, 2.75) is 83.1 Å². The van der Waals surface area contributed by atoms with Crippen molar-refractivity contribution in [1.82, 2.24) is 4.90 Å². The first kappa shape index (κ1) is 48.7. The molecule has 0 saturated carbocycles. The highest BCUT2D eigenvalue weighted by Gasteiger charge is 2.34. The summed E-state index contributed by atoms with van der Waals surface area (Å²) in [7, 11) is 0. The molecule has 1 aromatic rings. The van der Waals surface area contributed by atoms with Crippen molar-refractivity contribution in [1.29, 1.82) is 0 Å². The van der Waals surface area contributed by atoms with Gasteiger partial charge in [0.15, 0.2) is 0 Å². The standard InChI is InChI=1S/C13H10N2O5S.C4H8.2C3H6.4C2H6/c1-7-11(17)15(13(20)21-7)6-10(16)14-9-4-2-8(3-5-9)12(18)19;1-3-4-2;2*1-3-2;4*1-2/h2-5H,1,6H2,(H,14,16)(H,18,19);3-4H,1-2H3;2*3H,1H2,2H3;4*1-2H3/b;4-3-;;;;;;. The maximum Gasteiger partial charge on any atom is 0.335 e. The van der Waals surface area contributed by atoms with E-state index >= 15 is 0 Å². The fraction of sp³-hybridized carbons (Fsp3) is 0.419. The summed E-state index contributed by atoms with van der Waals surface area (Å²) in [6.07, 6.45) is 7.50. The van der Waals surface area contributed by atoms with Gasteiger partial charge in [-0.15, -0.1) is 13.2 Å². The van der Waals surface area contributed by atoms with Gasteiger partial charge in [0.05, 0.1) is 10.5 Å². The summed E-state index contributed by atoms with van der Waals surface area (Å²) in [4.78, 5) is 46.4. The van der Waals surface area contributed by atoms with Crippen LogP contribution in [0, 0.1) is 0 Å². The van der Waals surface area contributed by atoms with Crippen molar-refractivity contribution in [3.05, 3.63) is 78.8 Å². The molecule has 0 spiro atoms. The van der Waals surface area contributed by atoms with Crippen molar-refractivity contribution in [2.24, 2.45) is 0 Å². The number of amides is 3. The molecule has 0 aliphatic carbocycles. The fourth-order valence-corrected chi connectivity index (χ4v) is 2.28. The molecule has 0 atom stereocenters. The molecule has 0 unspecified atom stereocenters. The summed E-state index contributed by atoms with van der Waals surface area (Å²) in [5.41, 5.74) is 0.459. The van der Waals surface area contributed by atoms with E-state index in [9.17, 15) is 19.2 Å². The predicted octanol–water partition coefficient (Wildman–Crippen LogP) is 9.60. The first-order valence-corrected chi connectivity index (χ1v) is 14.0. The van der Waals surface area contributed by atoms with Crippen molar-refractivity contribution in [3.8, 4) is 0 Å². The van der Waals surface area contributed by atoms with Crippen LogP contribution in [0.5, 0.6) is 0 Å². The van der Waals surface area contributed by atoms with E-state index in [1.807, 2.05) is 95.2 Å². The van der Waals surface area contributed by atoms with Gasteiger partial charge in [-0.05, 0) is 63.7 Å². The van der Waals surface area contributed by atoms with E-state index in [-0.39, 0.29) is 10.5 Å². The Hall–Kier alpha value is -3.39. The normalized spacial score (nSPS) is 10.1. The van der Waals surface area contributed by atoms with Crippen LogP contribution in [-0.4, -0.2) is 39.6 Å². The number of benzene rings is 1. The van der Waals surface area contributed by atoms with Crippen molar-refractivity contribution in [2.75, 3.05) is 11.9 Å². The third-order valence-electron chi connectivity index (χ3n) is 2.97. The van der Waals surface area contributed by atoms with Gasteiger partial charge in [0.1, 0.15) is 6.54 Å². The number of carboxylic acids is 1. The number of anilines is 1. The molecular weight excluding hydrogens is 512 g/mol. The average molecular weight is 567 g/mol. The van der Waals surface area contributed by atoms with E-state index in [1.54, 1.807) is 12.2 Å². The minimum atomic E-state index is -1.07. The maximum absolute atomic E-state index is 11.8. The number of carboxylic acid groups (broad SMARTS) is 1. The van der Waals surface area contributed by atoms with Gasteiger partial charge in [0.25, 0.3) is 11.1 Å². The molecule has 1 saturated heterocycles. The molecule has 2 N–H and O–H groups in total. The minimum Gasteiger partial charge on any atom is -0.478 e. The Labute approximate surface area is 243 Å². The number of nitrogens with one attached hydrogen (secondary N) is 1. The Balaban J connectivity index is -0.000000126. The monoisotopic (exact) mass is 566 g/mol. The van der Waals surface area contributed by atoms with Crippen LogP contribution in [-0.2, 0) is 9.59 Å². The number of hydrogen-bond acceptors (Lipinski definition) is 5. The first-order chi connectivity index (χ1) is 18.6. The molecule has 1 fully saturated rings. The fourth-order valence-electron chi connectivity index (χ4n) is 1.61. The number of carbonyl (C=O) groups is 4. The molecule has 7 nitrogen and oxygen atoms in total. The summed E-state index contributed by atoms with van der Waals surface area (Å²) in [6.45, 7) is 33.5. The molecule has 1 heterocycles. The molecule has 0 aromatic heterocycles. The van der Waals surface area contributed by atoms with Gasteiger partial charge in [-0.25, -0.2) is 4.79 Å². The lowest BCUT2D eigenvalue weighted by molar-refractivity contribution is -0.127. The molecule has 2 rings (SSSR count). The average Bonchev–Trinajstić information content (AvgIpc) is 3.20. The third kappa shape index (κ3) is 29.0. The van der Waals surface area contributed by atoms with E-state index in [2.05, 4.69) is 25.1 Å². The molecule has 39 heavy (non-hydrogen) atoms. The van der Waals surface area contributed by atoms with Gasteiger partial charge < -0.3 is 10.4 Å². The van der Waals surface area contributed by atoms with Crippen molar-refractivity contribution in [3.63, 3.8) is 0 Å². The zero-order chi connectivity index (χ0) is 32.4. The molecular formula is C31H54N2O5S. The maximum atomic E-state index is 11.8. The lowest BCUT2D eigenvalue weighted by Crippen LogP contribution is -2.36. The van der Waals surface area contributed by atoms with Gasteiger partial charge in [-0.1, -0.05) is 86.3 Å². The number of imide groups is 1. The highest BCUT2D eigenvalue weighted by atomic mass is 32.2. The van der Waals surface area contributed by atoms with E-state index < -0.39 is 29.6 Å². The van der Waals surface area contributed by atoms with E-state index in [0.717, 1.165) is 4.90 Å². The second kappa shape index (κ2) is 39.1. The lowest BCUT2D eigenvalue weighted by atomic mass is 10.2. The highest BCUT2D eigenvalue weighted by molar-refractivity contribution is 8.18. The first-order valence-electron chi connectivity index (χ1n) is 13.2. The van der Waals surface area contributed by atoms with Crippen LogP contribution >= 0.6 is 11.8 Å². The minimum absolute atomic E-state index is 0.0820. The largest absolute Gasteiger partial charge is 0.478 e. The Morgan fingerprint density at radius 1 is 0.846 bits per heavy atom. The van der Waals surface area contributed by atoms with Crippen molar-refractivity contribution < 1.29 is 24.3 Å². The number of nitrogens with zero attached hydrogens (tertiary/aromatic N) is 1. The number of hydrogen-bond donors (Lipinski definition) is 2. The second-order valence-corrected chi connectivity index (χ2v) is 6.64. The Kier molecular flexibility index (Phi) is 48.8. The van der Waals surface area contributed by atoms with E-state index in [0.29, 0.717) is 17.4 Å². The zero-order valence-corrected chi connectivity index (χ0v) is 27.2. The highest BCUT2D eigenvalue weighted by Crippen LogP contribution is 2.28. The van der Waals surface area contributed by atoms with Gasteiger partial charge in [-0.2, -0.15) is 0 Å². The predicted molar refractivity (Wildman–Crippen MR) is 173 cm³/mol. The molecule has 0 bridgehead atoms. The topological polar surface area (TPSA) is 104 Å². The summed E-state index contributed by atoms with van der Waals surface area (Å²) >= 11 is 0.688. The number of allylic oxidation sites excluding steroid dienone is 4. The van der Waals surface area contributed by atoms with Gasteiger partial charge in [-0.3, -0.25) is 19.3 Å². The van der Waals surface area contributed by atoms with Crippen LogP contribution in [0.25, 0.3) is 0 Å². The number of thioether (sulfide) groups is 1. The quantitative estimate of drug-likeness (QED) is 0.278. The number of carbonyl (C=O) groups excluding carboxylic acids is 3. The molecule has 1 aromatic carbocycles. The molecule has 3 amide bonds. The smallest absolute Gasteiger partial charge is 0.335 e. The number of aromatic carboxylic acids is 1. The molecule has 1 aliphatic rings. The van der Waals surface area contributed by atoms with Crippen LogP contribution in [0.2, 0.25) is 0 Å². The Morgan fingerprint density at radius 3 is 1.46 bits per heavy atom.